The van der Waals surface area contributed by atoms with E-state index >= 15 is 0 Å². The van der Waals surface area contributed by atoms with E-state index in [1.54, 1.807) is 12.1 Å². The van der Waals surface area contributed by atoms with E-state index in [0.29, 0.717) is 6.04 Å². The number of H-pyrrole nitrogens is 1. The van der Waals surface area contributed by atoms with Crippen LogP contribution in [0.4, 0.5) is 4.39 Å². The number of hydrogen-bond donors (Lipinski definition) is 1. The minimum atomic E-state index is -0.180. The summed E-state index contributed by atoms with van der Waals surface area (Å²) in [6.45, 7) is 3.69. The lowest BCUT2D eigenvalue weighted by atomic mass is 9.95. The Morgan fingerprint density at radius 3 is 2.80 bits per heavy atom. The molecule has 5 heteroatoms. The first-order chi connectivity index (χ1) is 9.72. The zero-order valence-corrected chi connectivity index (χ0v) is 11.6. The van der Waals surface area contributed by atoms with Crippen molar-refractivity contribution in [1.29, 1.82) is 0 Å². The maximum Gasteiger partial charge on any atom is 0.164 e. The molecule has 1 N–H and O–H groups in total. The van der Waals surface area contributed by atoms with Crippen molar-refractivity contribution in [3.8, 4) is 0 Å². The molecule has 1 atom stereocenters. The minimum absolute atomic E-state index is 0.180. The van der Waals surface area contributed by atoms with Gasteiger partial charge in [0, 0.05) is 6.04 Å². The lowest BCUT2D eigenvalue weighted by Crippen LogP contribution is -2.33. The van der Waals surface area contributed by atoms with E-state index in [4.69, 9.17) is 0 Å². The summed E-state index contributed by atoms with van der Waals surface area (Å²) >= 11 is 0. The molecule has 1 unspecified atom stereocenters. The largest absolute Gasteiger partial charge is 0.289 e. The van der Waals surface area contributed by atoms with Gasteiger partial charge >= 0.3 is 0 Å². The Balaban J connectivity index is 1.78. The molecule has 20 heavy (non-hydrogen) atoms. The Labute approximate surface area is 118 Å². The van der Waals surface area contributed by atoms with Gasteiger partial charge in [0.15, 0.2) is 5.82 Å². The van der Waals surface area contributed by atoms with Crippen LogP contribution < -0.4 is 0 Å². The average molecular weight is 274 g/mol. The van der Waals surface area contributed by atoms with Gasteiger partial charge in [-0.1, -0.05) is 18.6 Å². The van der Waals surface area contributed by atoms with E-state index in [2.05, 4.69) is 20.1 Å². The highest BCUT2D eigenvalue weighted by Gasteiger charge is 2.24. The summed E-state index contributed by atoms with van der Waals surface area (Å²) < 4.78 is 13.1. The van der Waals surface area contributed by atoms with Crippen LogP contribution >= 0.6 is 0 Å². The molecule has 0 spiro atoms. The summed E-state index contributed by atoms with van der Waals surface area (Å²) in [5.41, 5.74) is 1.18. The number of rotatable bonds is 3. The molecule has 0 saturated carbocycles. The fraction of sp³-hybridized carbons (Fsp3) is 0.467. The van der Waals surface area contributed by atoms with Crippen LogP contribution in [0.5, 0.6) is 0 Å². The zero-order valence-electron chi connectivity index (χ0n) is 11.6. The molecule has 4 nitrogen and oxygen atoms in total. The van der Waals surface area contributed by atoms with Gasteiger partial charge in [0.05, 0.1) is 6.54 Å². The number of benzene rings is 1. The predicted octanol–water partition coefficient (Wildman–Crippen LogP) is 2.98. The first-order valence-corrected chi connectivity index (χ1v) is 7.10. The topological polar surface area (TPSA) is 44.8 Å². The predicted molar refractivity (Wildman–Crippen MR) is 74.5 cm³/mol. The van der Waals surface area contributed by atoms with Crippen LogP contribution in [0.25, 0.3) is 0 Å². The summed E-state index contributed by atoms with van der Waals surface area (Å²) in [5, 5.41) is 7.10. The number of likely N-dealkylation sites (tertiary alicyclic amines) is 1. The van der Waals surface area contributed by atoms with Crippen LogP contribution in [-0.4, -0.2) is 26.6 Å². The number of nitrogens with one attached hydrogen (secondary N) is 1. The number of piperidine rings is 1. The van der Waals surface area contributed by atoms with E-state index in [-0.39, 0.29) is 5.82 Å². The Bertz CT molecular complexity index is 564. The summed E-state index contributed by atoms with van der Waals surface area (Å²) in [7, 11) is 0. The molecule has 1 fully saturated rings. The van der Waals surface area contributed by atoms with Gasteiger partial charge in [0.25, 0.3) is 0 Å². The number of hydrogen-bond acceptors (Lipinski definition) is 3. The highest BCUT2D eigenvalue weighted by atomic mass is 19.1. The molecule has 0 amide bonds. The number of halogens is 1. The molecule has 2 heterocycles. The van der Waals surface area contributed by atoms with Crippen molar-refractivity contribution in [2.75, 3.05) is 6.54 Å². The summed E-state index contributed by atoms with van der Waals surface area (Å²) in [6.07, 6.45) is 3.52. The van der Waals surface area contributed by atoms with Crippen molar-refractivity contribution in [2.24, 2.45) is 0 Å². The van der Waals surface area contributed by atoms with Crippen LogP contribution in [0.15, 0.2) is 24.3 Å². The summed E-state index contributed by atoms with van der Waals surface area (Å²) in [4.78, 5) is 6.77. The van der Waals surface area contributed by atoms with Gasteiger partial charge in [0.1, 0.15) is 11.6 Å². The van der Waals surface area contributed by atoms with Gasteiger partial charge in [-0.15, -0.1) is 0 Å². The molecule has 2 aromatic rings. The second-order valence-corrected chi connectivity index (χ2v) is 5.37. The van der Waals surface area contributed by atoms with Crippen LogP contribution in [0.2, 0.25) is 0 Å². The molecule has 1 aromatic carbocycles. The molecule has 1 aliphatic rings. The number of aromatic amines is 1. The Morgan fingerprint density at radius 1 is 1.30 bits per heavy atom. The molecule has 1 aromatic heterocycles. The van der Waals surface area contributed by atoms with Gasteiger partial charge in [-0.05, 0) is 44.0 Å². The minimum Gasteiger partial charge on any atom is -0.289 e. The van der Waals surface area contributed by atoms with E-state index in [0.717, 1.165) is 31.2 Å². The second-order valence-electron chi connectivity index (χ2n) is 5.37. The molecule has 3 rings (SSSR count). The smallest absolute Gasteiger partial charge is 0.164 e. The number of aromatic nitrogens is 3. The van der Waals surface area contributed by atoms with Crippen LogP contribution in [-0.2, 0) is 6.54 Å². The quantitative estimate of drug-likeness (QED) is 0.936. The monoisotopic (exact) mass is 274 g/mol. The molecule has 1 aliphatic heterocycles. The molecule has 1 saturated heterocycles. The standard InChI is InChI=1S/C15H19FN4/c1-11-17-15(19-18-11)10-20-9-3-2-4-14(20)12-5-7-13(16)8-6-12/h5-8,14H,2-4,9-10H2,1H3,(H,17,18,19). The summed E-state index contributed by atoms with van der Waals surface area (Å²) in [6, 6.07) is 7.20. The van der Waals surface area contributed by atoms with Crippen molar-refractivity contribution in [3.63, 3.8) is 0 Å². The lowest BCUT2D eigenvalue weighted by Gasteiger charge is -2.35. The lowest BCUT2D eigenvalue weighted by molar-refractivity contribution is 0.137. The van der Waals surface area contributed by atoms with Gasteiger partial charge < -0.3 is 0 Å². The second kappa shape index (κ2) is 5.71. The molecule has 0 radical (unpaired) electrons. The molecule has 0 bridgehead atoms. The Hall–Kier alpha value is -1.75. The molecule has 0 aliphatic carbocycles. The molecular weight excluding hydrogens is 255 g/mol. The fourth-order valence-corrected chi connectivity index (χ4v) is 2.88. The highest BCUT2D eigenvalue weighted by Crippen LogP contribution is 2.31. The Morgan fingerprint density at radius 2 is 2.10 bits per heavy atom. The molecular formula is C15H19FN4. The normalized spacial score (nSPS) is 20.2. The highest BCUT2D eigenvalue weighted by molar-refractivity contribution is 5.20. The van der Waals surface area contributed by atoms with Crippen molar-refractivity contribution < 1.29 is 4.39 Å². The molecule has 106 valence electrons. The van der Waals surface area contributed by atoms with Crippen molar-refractivity contribution in [2.45, 2.75) is 38.8 Å². The van der Waals surface area contributed by atoms with Crippen molar-refractivity contribution >= 4 is 0 Å². The fourth-order valence-electron chi connectivity index (χ4n) is 2.88. The van der Waals surface area contributed by atoms with Crippen molar-refractivity contribution in [1.82, 2.24) is 20.1 Å². The number of aryl methyl sites for hydroxylation is 1. The van der Waals surface area contributed by atoms with E-state index in [1.165, 1.54) is 18.4 Å². The maximum atomic E-state index is 13.1. The van der Waals surface area contributed by atoms with Gasteiger partial charge in [-0.2, -0.15) is 5.10 Å². The third-order valence-corrected chi connectivity index (χ3v) is 3.86. The van der Waals surface area contributed by atoms with Crippen LogP contribution in [0.3, 0.4) is 0 Å². The average Bonchev–Trinajstić information content (AvgIpc) is 2.86. The number of nitrogens with zero attached hydrogens (tertiary/aromatic N) is 3. The SMILES string of the molecule is Cc1nc(CN2CCCCC2c2ccc(F)cc2)n[nH]1. The van der Waals surface area contributed by atoms with Crippen LogP contribution in [0.1, 0.15) is 42.5 Å². The zero-order chi connectivity index (χ0) is 13.9. The van der Waals surface area contributed by atoms with E-state index in [1.807, 2.05) is 19.1 Å². The maximum absolute atomic E-state index is 13.1. The van der Waals surface area contributed by atoms with E-state index < -0.39 is 0 Å². The summed E-state index contributed by atoms with van der Waals surface area (Å²) in [5.74, 6) is 1.49. The first-order valence-electron chi connectivity index (χ1n) is 7.10. The Kier molecular flexibility index (Phi) is 3.78. The first kappa shape index (κ1) is 13.2. The third-order valence-electron chi connectivity index (χ3n) is 3.86. The van der Waals surface area contributed by atoms with Gasteiger partial charge in [0.2, 0.25) is 0 Å². The van der Waals surface area contributed by atoms with Gasteiger partial charge in [-0.3, -0.25) is 10.00 Å². The van der Waals surface area contributed by atoms with Crippen molar-refractivity contribution in [3.05, 3.63) is 47.3 Å². The third kappa shape index (κ3) is 2.88. The van der Waals surface area contributed by atoms with E-state index in [9.17, 15) is 4.39 Å². The van der Waals surface area contributed by atoms with Gasteiger partial charge in [-0.25, -0.2) is 9.37 Å². The van der Waals surface area contributed by atoms with Crippen LogP contribution in [0, 0.1) is 12.7 Å².